The van der Waals surface area contributed by atoms with E-state index in [0.29, 0.717) is 5.75 Å². The summed E-state index contributed by atoms with van der Waals surface area (Å²) in [5, 5.41) is 14.8. The van der Waals surface area contributed by atoms with Gasteiger partial charge in [0.25, 0.3) is 11.6 Å². The molecule has 0 saturated carbocycles. The van der Waals surface area contributed by atoms with Crippen LogP contribution >= 0.6 is 15.9 Å². The predicted molar refractivity (Wildman–Crippen MR) is 89.6 cm³/mol. The maximum atomic E-state index is 11.6. The van der Waals surface area contributed by atoms with E-state index in [2.05, 4.69) is 26.5 Å². The largest absolute Gasteiger partial charge is 0.435 e. The third-order valence-electron chi connectivity index (χ3n) is 2.71. The lowest BCUT2D eigenvalue weighted by atomic mass is 10.3. The Kier molecular flexibility index (Phi) is 5.42. The first-order valence-corrected chi connectivity index (χ1v) is 7.28. The summed E-state index contributed by atoms with van der Waals surface area (Å²) in [5.74, 6) is -0.198. The first-order valence-electron chi connectivity index (χ1n) is 6.49. The minimum absolute atomic E-state index is 0.150. The molecule has 2 aromatic rings. The van der Waals surface area contributed by atoms with Crippen LogP contribution in [0.2, 0.25) is 0 Å². The highest BCUT2D eigenvalue weighted by atomic mass is 79.9. The van der Waals surface area contributed by atoms with Gasteiger partial charge in [0, 0.05) is 17.5 Å². The van der Waals surface area contributed by atoms with Crippen molar-refractivity contribution in [3.63, 3.8) is 0 Å². The Morgan fingerprint density at radius 1 is 1.22 bits per heavy atom. The van der Waals surface area contributed by atoms with E-state index in [1.54, 1.807) is 30.3 Å². The lowest BCUT2D eigenvalue weighted by Crippen LogP contribution is -2.19. The molecule has 23 heavy (non-hydrogen) atoms. The fraction of sp³-hybridized carbons (Fsp3) is 0.0667. The molecule has 7 nitrogen and oxygen atoms in total. The van der Waals surface area contributed by atoms with Crippen LogP contribution in [0.3, 0.4) is 0 Å². The monoisotopic (exact) mass is 377 g/mol. The van der Waals surface area contributed by atoms with Gasteiger partial charge >= 0.3 is 0 Å². The molecule has 0 aliphatic carbocycles. The smallest absolute Gasteiger partial charge is 0.294 e. The molecular formula is C15H12BrN3O4. The first-order chi connectivity index (χ1) is 11.0. The summed E-state index contributed by atoms with van der Waals surface area (Å²) in [4.78, 5) is 22.0. The third kappa shape index (κ3) is 4.62. The highest BCUT2D eigenvalue weighted by molar-refractivity contribution is 9.10. The Morgan fingerprint density at radius 2 is 1.87 bits per heavy atom. The normalized spacial score (nSPS) is 11.0. The zero-order valence-corrected chi connectivity index (χ0v) is 13.6. The summed E-state index contributed by atoms with van der Waals surface area (Å²) in [6, 6.07) is 12.8. The zero-order valence-electron chi connectivity index (χ0n) is 12.0. The molecule has 2 rings (SSSR count). The van der Waals surface area contributed by atoms with E-state index < -0.39 is 10.7 Å². The average molecular weight is 378 g/mol. The number of nitrogens with zero attached hydrogens (tertiary/aromatic N) is 2. The molecule has 0 atom stereocenters. The quantitative estimate of drug-likeness (QED) is 0.370. The van der Waals surface area contributed by atoms with Crippen molar-refractivity contribution in [3.05, 3.63) is 63.1 Å². The Morgan fingerprint density at radius 3 is 2.48 bits per heavy atom. The van der Waals surface area contributed by atoms with Gasteiger partial charge in [-0.2, -0.15) is 0 Å². The molecule has 0 fully saturated rings. The molecule has 0 spiro atoms. The molecule has 0 aliphatic rings. The molecule has 0 saturated heterocycles. The fourth-order valence-corrected chi connectivity index (χ4v) is 1.89. The number of carbonyl (C=O) groups excluding carboxylic acids is 1. The second-order valence-corrected chi connectivity index (χ2v) is 5.33. The minimum atomic E-state index is -0.541. The highest BCUT2D eigenvalue weighted by Crippen LogP contribution is 2.23. The van der Waals surface area contributed by atoms with Gasteiger partial charge in [0.1, 0.15) is 11.4 Å². The molecule has 0 unspecified atom stereocenters. The van der Waals surface area contributed by atoms with Crippen molar-refractivity contribution in [1.29, 1.82) is 0 Å². The van der Waals surface area contributed by atoms with Crippen LogP contribution in [0.4, 0.5) is 11.4 Å². The van der Waals surface area contributed by atoms with Crippen LogP contribution in [0.25, 0.3) is 0 Å². The van der Waals surface area contributed by atoms with E-state index in [1.807, 2.05) is 0 Å². The van der Waals surface area contributed by atoms with Crippen LogP contribution < -0.4 is 10.2 Å². The van der Waals surface area contributed by atoms with Crippen LogP contribution in [-0.2, 0) is 4.79 Å². The summed E-state index contributed by atoms with van der Waals surface area (Å²) in [6.45, 7) is 1.29. The number of nitro groups is 1. The van der Waals surface area contributed by atoms with E-state index in [0.717, 1.165) is 4.47 Å². The Balaban J connectivity index is 2.21. The number of ether oxygens (including phenoxy) is 1. The van der Waals surface area contributed by atoms with E-state index in [9.17, 15) is 14.9 Å². The van der Waals surface area contributed by atoms with Crippen molar-refractivity contribution < 1.29 is 14.5 Å². The lowest BCUT2D eigenvalue weighted by Gasteiger charge is -2.07. The topological polar surface area (TPSA) is 93.8 Å². The van der Waals surface area contributed by atoms with E-state index in [1.165, 1.54) is 25.1 Å². The van der Waals surface area contributed by atoms with Crippen LogP contribution in [-0.4, -0.2) is 16.6 Å². The molecule has 118 valence electrons. The molecule has 0 aliphatic heterocycles. The maximum Gasteiger partial charge on any atom is 0.294 e. The van der Waals surface area contributed by atoms with Crippen LogP contribution in [0.15, 0.2) is 58.1 Å². The number of rotatable bonds is 5. The summed E-state index contributed by atoms with van der Waals surface area (Å²) < 4.78 is 6.27. The Hall–Kier alpha value is -2.74. The number of carbonyl (C=O) groups is 1. The van der Waals surface area contributed by atoms with E-state index in [-0.39, 0.29) is 17.3 Å². The molecular weight excluding hydrogens is 366 g/mol. The Bertz CT molecular complexity index is 760. The van der Waals surface area contributed by atoms with Gasteiger partial charge in [-0.15, -0.1) is 5.10 Å². The molecule has 0 amide bonds. The molecule has 1 N–H and O–H groups in total. The number of ketones is 1. The second-order valence-electron chi connectivity index (χ2n) is 4.42. The number of halogens is 1. The molecule has 2 aromatic carbocycles. The molecule has 0 aromatic heterocycles. The van der Waals surface area contributed by atoms with Crippen molar-refractivity contribution in [2.24, 2.45) is 5.10 Å². The Labute approximate surface area is 140 Å². The average Bonchev–Trinajstić information content (AvgIpc) is 2.53. The zero-order chi connectivity index (χ0) is 16.8. The second kappa shape index (κ2) is 7.50. The summed E-state index contributed by atoms with van der Waals surface area (Å²) >= 11 is 3.29. The standard InChI is InChI=1S/C15H12BrN3O4/c1-10(20)15(23-12-8-6-11(16)7-9-12)18-17-13-4-2-3-5-14(13)19(21)22/h2-9,17H,1H3/b18-15-. The van der Waals surface area contributed by atoms with Crippen LogP contribution in [0, 0.1) is 10.1 Å². The summed E-state index contributed by atoms with van der Waals surface area (Å²) in [6.07, 6.45) is 0. The molecule has 8 heteroatoms. The number of hydrogen-bond acceptors (Lipinski definition) is 6. The number of para-hydroxylation sites is 2. The van der Waals surface area contributed by atoms with E-state index >= 15 is 0 Å². The van der Waals surface area contributed by atoms with Gasteiger partial charge in [0.05, 0.1) is 4.92 Å². The van der Waals surface area contributed by atoms with E-state index in [4.69, 9.17) is 4.74 Å². The number of anilines is 1. The number of nitrogens with one attached hydrogen (secondary N) is 1. The van der Waals surface area contributed by atoms with Gasteiger partial charge in [0.15, 0.2) is 0 Å². The van der Waals surface area contributed by atoms with Gasteiger partial charge in [-0.25, -0.2) is 0 Å². The fourth-order valence-electron chi connectivity index (χ4n) is 1.63. The van der Waals surface area contributed by atoms with Crippen molar-refractivity contribution in [1.82, 2.24) is 0 Å². The lowest BCUT2D eigenvalue weighted by molar-refractivity contribution is -0.384. The van der Waals surface area contributed by atoms with Crippen molar-refractivity contribution in [2.75, 3.05) is 5.43 Å². The molecule has 0 bridgehead atoms. The number of benzene rings is 2. The van der Waals surface area contributed by atoms with Gasteiger partial charge in [-0.1, -0.05) is 28.1 Å². The molecule has 0 radical (unpaired) electrons. The predicted octanol–water partition coefficient (Wildman–Crippen LogP) is 3.75. The molecule has 0 heterocycles. The van der Waals surface area contributed by atoms with Crippen molar-refractivity contribution in [2.45, 2.75) is 6.92 Å². The maximum absolute atomic E-state index is 11.6. The van der Waals surface area contributed by atoms with Gasteiger partial charge in [-0.05, 0) is 30.3 Å². The van der Waals surface area contributed by atoms with Gasteiger partial charge < -0.3 is 4.74 Å². The first kappa shape index (κ1) is 16.6. The third-order valence-corrected chi connectivity index (χ3v) is 3.24. The van der Waals surface area contributed by atoms with Gasteiger partial charge in [-0.3, -0.25) is 20.3 Å². The SMILES string of the molecule is CC(=O)/C(=N/Nc1ccccc1[N+](=O)[O-])Oc1ccc(Br)cc1. The number of hydrogen-bond donors (Lipinski definition) is 1. The van der Waals surface area contributed by atoms with Gasteiger partial charge in [0.2, 0.25) is 5.78 Å². The van der Waals surface area contributed by atoms with Crippen LogP contribution in [0.5, 0.6) is 5.75 Å². The summed E-state index contributed by atoms with van der Waals surface area (Å²) in [7, 11) is 0. The van der Waals surface area contributed by atoms with Crippen molar-refractivity contribution >= 4 is 39.0 Å². The highest BCUT2D eigenvalue weighted by Gasteiger charge is 2.14. The number of nitro benzene ring substituents is 1. The summed E-state index contributed by atoms with van der Waals surface area (Å²) in [5.41, 5.74) is 2.51. The number of Topliss-reactive ketones (excluding diaryl/α,β-unsaturated/α-hetero) is 1. The minimum Gasteiger partial charge on any atom is -0.435 e. The van der Waals surface area contributed by atoms with Crippen LogP contribution in [0.1, 0.15) is 6.92 Å². The number of hydrazone groups is 1. The van der Waals surface area contributed by atoms with Crippen molar-refractivity contribution in [3.8, 4) is 5.75 Å².